The topological polar surface area (TPSA) is 24.4 Å². The van der Waals surface area contributed by atoms with Gasteiger partial charge in [0, 0.05) is 11.3 Å². The Kier molecular flexibility index (Phi) is 3.08. The molecule has 1 N–H and O–H groups in total. The number of thioether (sulfide) groups is 1. The predicted octanol–water partition coefficient (Wildman–Crippen LogP) is 3.72. The van der Waals surface area contributed by atoms with Gasteiger partial charge in [0.15, 0.2) is 10.7 Å². The summed E-state index contributed by atoms with van der Waals surface area (Å²) in [5.41, 5.74) is -1.76. The number of halogens is 3. The molecule has 0 aromatic heterocycles. The average molecular weight is 292 g/mol. The largest absolute Gasteiger partial charge is 0.413 e. The quantitative estimate of drug-likeness (QED) is 0.796. The molecule has 108 valence electrons. The smallest absolute Gasteiger partial charge is 0.359 e. The molecular weight excluding hydrogens is 273 g/mol. The third kappa shape index (κ3) is 2.48. The molecule has 0 aromatic rings. The Balaban J connectivity index is 1.70. The molecule has 2 saturated carbocycles. The van der Waals surface area contributed by atoms with Gasteiger partial charge in [0.2, 0.25) is 0 Å². The van der Waals surface area contributed by atoms with Crippen molar-refractivity contribution in [2.24, 2.45) is 10.9 Å². The summed E-state index contributed by atoms with van der Waals surface area (Å²) in [7, 11) is 0. The fourth-order valence-corrected chi connectivity index (χ4v) is 4.22. The van der Waals surface area contributed by atoms with Gasteiger partial charge in [-0.05, 0) is 44.4 Å². The highest BCUT2D eigenvalue weighted by Gasteiger charge is 2.64. The summed E-state index contributed by atoms with van der Waals surface area (Å²) in [4.78, 5) is 4.00. The van der Waals surface area contributed by atoms with Crippen LogP contribution >= 0.6 is 11.8 Å². The average Bonchev–Trinajstić information content (AvgIpc) is 3.01. The van der Waals surface area contributed by atoms with E-state index in [1.165, 1.54) is 11.8 Å². The molecule has 2 aliphatic carbocycles. The number of aliphatic imine (C=N–C) groups is 1. The van der Waals surface area contributed by atoms with Crippen LogP contribution in [-0.4, -0.2) is 28.2 Å². The van der Waals surface area contributed by atoms with E-state index >= 15 is 0 Å². The Morgan fingerprint density at radius 1 is 1.21 bits per heavy atom. The number of alkyl halides is 3. The number of hydrogen-bond donors (Lipinski definition) is 1. The molecule has 0 unspecified atom stereocenters. The maximum atomic E-state index is 12.9. The molecule has 19 heavy (non-hydrogen) atoms. The molecule has 6 heteroatoms. The number of nitrogens with zero attached hydrogens (tertiary/aromatic N) is 1. The van der Waals surface area contributed by atoms with E-state index in [0.29, 0.717) is 5.17 Å². The minimum absolute atomic E-state index is 0.0116. The minimum atomic E-state index is -4.20. The van der Waals surface area contributed by atoms with Crippen molar-refractivity contribution in [1.29, 1.82) is 0 Å². The molecule has 0 bridgehead atoms. The number of nitrogens with one attached hydrogen (secondary N) is 1. The molecule has 2 nitrogen and oxygen atoms in total. The molecule has 1 saturated heterocycles. The fraction of sp³-hybridized carbons (Fsp3) is 0.923. The first-order chi connectivity index (χ1) is 8.84. The van der Waals surface area contributed by atoms with Gasteiger partial charge in [-0.1, -0.05) is 18.7 Å². The lowest BCUT2D eigenvalue weighted by molar-refractivity contribution is -0.155. The van der Waals surface area contributed by atoms with Gasteiger partial charge >= 0.3 is 6.18 Å². The van der Waals surface area contributed by atoms with E-state index in [-0.39, 0.29) is 18.4 Å². The van der Waals surface area contributed by atoms with E-state index in [0.717, 1.165) is 37.4 Å². The Hall–Kier alpha value is -0.390. The lowest BCUT2D eigenvalue weighted by atomic mass is 9.78. The molecule has 3 rings (SSSR count). The lowest BCUT2D eigenvalue weighted by Crippen LogP contribution is -2.46. The highest BCUT2D eigenvalue weighted by molar-refractivity contribution is 8.14. The third-order valence-electron chi connectivity index (χ3n) is 4.66. The summed E-state index contributed by atoms with van der Waals surface area (Å²) in [6.07, 6.45) is 0.520. The molecule has 1 aliphatic heterocycles. The summed E-state index contributed by atoms with van der Waals surface area (Å²) < 4.78 is 38.7. The van der Waals surface area contributed by atoms with Crippen LogP contribution in [0.25, 0.3) is 0 Å². The summed E-state index contributed by atoms with van der Waals surface area (Å²) in [5, 5.41) is 3.83. The summed E-state index contributed by atoms with van der Waals surface area (Å²) >= 11 is 1.47. The van der Waals surface area contributed by atoms with Crippen LogP contribution in [0.3, 0.4) is 0 Å². The van der Waals surface area contributed by atoms with Gasteiger partial charge in [-0.2, -0.15) is 13.2 Å². The van der Waals surface area contributed by atoms with E-state index in [4.69, 9.17) is 0 Å². The molecule has 3 aliphatic rings. The molecular formula is C13H19F3N2S. The molecule has 1 heterocycles. The van der Waals surface area contributed by atoms with E-state index in [1.807, 2.05) is 0 Å². The van der Waals surface area contributed by atoms with Gasteiger partial charge in [0.1, 0.15) is 0 Å². The maximum absolute atomic E-state index is 12.9. The molecule has 0 atom stereocenters. The van der Waals surface area contributed by atoms with Crippen molar-refractivity contribution in [1.82, 2.24) is 5.32 Å². The molecule has 0 aromatic carbocycles. The normalized spacial score (nSPS) is 39.6. The molecule has 0 amide bonds. The first-order valence-corrected chi connectivity index (χ1v) is 7.90. The zero-order valence-electron chi connectivity index (χ0n) is 11.0. The van der Waals surface area contributed by atoms with Gasteiger partial charge < -0.3 is 5.32 Å². The summed E-state index contributed by atoms with van der Waals surface area (Å²) in [6, 6.07) is 0. The second-order valence-electron chi connectivity index (χ2n) is 6.32. The van der Waals surface area contributed by atoms with Crippen LogP contribution < -0.4 is 5.32 Å². The van der Waals surface area contributed by atoms with Crippen LogP contribution in [0, 0.1) is 5.92 Å². The zero-order chi connectivity index (χ0) is 13.7. The lowest BCUT2D eigenvalue weighted by Gasteiger charge is -2.35. The van der Waals surface area contributed by atoms with Crippen molar-refractivity contribution in [3.05, 3.63) is 0 Å². The summed E-state index contributed by atoms with van der Waals surface area (Å²) in [5.74, 6) is 1.61. The van der Waals surface area contributed by atoms with E-state index in [1.54, 1.807) is 0 Å². The van der Waals surface area contributed by atoms with Gasteiger partial charge in [-0.3, -0.25) is 0 Å². The van der Waals surface area contributed by atoms with Crippen LogP contribution in [0.15, 0.2) is 4.99 Å². The van der Waals surface area contributed by atoms with Gasteiger partial charge in [0.25, 0.3) is 0 Å². The molecule has 3 fully saturated rings. The van der Waals surface area contributed by atoms with E-state index < -0.39 is 11.7 Å². The molecule has 1 spiro atoms. The van der Waals surface area contributed by atoms with Crippen LogP contribution in [0.5, 0.6) is 0 Å². The first-order valence-electron chi connectivity index (χ1n) is 6.92. The van der Waals surface area contributed by atoms with E-state index in [2.05, 4.69) is 17.2 Å². The van der Waals surface area contributed by atoms with Gasteiger partial charge in [0.05, 0.1) is 0 Å². The van der Waals surface area contributed by atoms with Crippen molar-refractivity contribution in [3.8, 4) is 0 Å². The highest BCUT2D eigenvalue weighted by Crippen LogP contribution is 2.53. The fourth-order valence-electron chi connectivity index (χ4n) is 2.92. The monoisotopic (exact) mass is 292 g/mol. The Bertz CT molecular complexity index is 393. The van der Waals surface area contributed by atoms with Crippen molar-refractivity contribution in [3.63, 3.8) is 0 Å². The highest BCUT2D eigenvalue weighted by atomic mass is 32.2. The van der Waals surface area contributed by atoms with Crippen molar-refractivity contribution in [2.75, 3.05) is 5.75 Å². The SMILES string of the molecule is CC1CCC2(CC1)CSC(=NC1(C(F)(F)F)CC1)N2. The number of rotatable bonds is 1. The van der Waals surface area contributed by atoms with Crippen molar-refractivity contribution >= 4 is 16.9 Å². The Morgan fingerprint density at radius 3 is 2.37 bits per heavy atom. The van der Waals surface area contributed by atoms with Gasteiger partial charge in [-0.15, -0.1) is 0 Å². The number of hydrogen-bond acceptors (Lipinski definition) is 2. The maximum Gasteiger partial charge on any atom is 0.413 e. The predicted molar refractivity (Wildman–Crippen MR) is 71.4 cm³/mol. The zero-order valence-corrected chi connectivity index (χ0v) is 11.8. The van der Waals surface area contributed by atoms with Gasteiger partial charge in [-0.25, -0.2) is 4.99 Å². The van der Waals surface area contributed by atoms with Crippen LogP contribution in [0.4, 0.5) is 13.2 Å². The second-order valence-corrected chi connectivity index (χ2v) is 7.29. The van der Waals surface area contributed by atoms with Crippen molar-refractivity contribution < 1.29 is 13.2 Å². The van der Waals surface area contributed by atoms with Crippen molar-refractivity contribution in [2.45, 2.75) is 62.7 Å². The first kappa shape index (κ1) is 13.6. The van der Waals surface area contributed by atoms with Crippen LogP contribution in [0.1, 0.15) is 45.4 Å². The standard InChI is InChI=1S/C13H19F3N2S/c1-9-2-4-11(5-3-9)8-19-10(17-11)18-12(6-7-12)13(14,15)16/h9H,2-8H2,1H3,(H,17,18). The Labute approximate surface area is 115 Å². The number of amidine groups is 1. The third-order valence-corrected chi connectivity index (χ3v) is 5.82. The second kappa shape index (κ2) is 4.30. The Morgan fingerprint density at radius 2 is 1.84 bits per heavy atom. The minimum Gasteiger partial charge on any atom is -0.359 e. The van der Waals surface area contributed by atoms with Crippen LogP contribution in [-0.2, 0) is 0 Å². The summed E-state index contributed by atoms with van der Waals surface area (Å²) in [6.45, 7) is 2.24. The van der Waals surface area contributed by atoms with Crippen LogP contribution in [0.2, 0.25) is 0 Å². The molecule has 0 radical (unpaired) electrons. The van der Waals surface area contributed by atoms with E-state index in [9.17, 15) is 13.2 Å².